The van der Waals surface area contributed by atoms with E-state index in [0.29, 0.717) is 11.3 Å². The molecule has 0 fully saturated rings. The summed E-state index contributed by atoms with van der Waals surface area (Å²) in [5.74, 6) is -0.170. The highest BCUT2D eigenvalue weighted by molar-refractivity contribution is 9.10. The number of ketones is 1. The molecule has 2 aromatic rings. The van der Waals surface area contributed by atoms with E-state index in [9.17, 15) is 10.1 Å². The first kappa shape index (κ1) is 14.4. The number of pyridine rings is 1. The van der Waals surface area contributed by atoms with Crippen LogP contribution in [0.5, 0.6) is 0 Å². The molecule has 100 valence electrons. The third-order valence-electron chi connectivity index (χ3n) is 3.29. The average Bonchev–Trinajstić information content (AvgIpc) is 2.47. The van der Waals surface area contributed by atoms with Gasteiger partial charge < -0.3 is 0 Å². The third-order valence-corrected chi connectivity index (χ3v) is 3.76. The normalized spacial score (nSPS) is 13.2. The van der Waals surface area contributed by atoms with Gasteiger partial charge in [0.15, 0.2) is 5.78 Å². The molecule has 1 heterocycles. The summed E-state index contributed by atoms with van der Waals surface area (Å²) in [6.45, 7) is 1.45. The minimum absolute atomic E-state index is 0.170. The second-order valence-corrected chi connectivity index (χ2v) is 5.50. The van der Waals surface area contributed by atoms with Crippen LogP contribution in [0.15, 0.2) is 53.1 Å². The van der Waals surface area contributed by atoms with Crippen molar-refractivity contribution >= 4 is 21.7 Å². The van der Waals surface area contributed by atoms with Crippen LogP contribution in [0.25, 0.3) is 0 Å². The predicted octanol–water partition coefficient (Wildman–Crippen LogP) is 3.44. The average molecular weight is 329 g/mol. The number of Topliss-reactive ketones (excluding diaryl/α,β-unsaturated/α-hetero) is 1. The maximum Gasteiger partial charge on any atom is 0.154 e. The lowest BCUT2D eigenvalue weighted by Crippen LogP contribution is -2.35. The molecule has 0 radical (unpaired) electrons. The fourth-order valence-corrected chi connectivity index (χ4v) is 2.35. The summed E-state index contributed by atoms with van der Waals surface area (Å²) < 4.78 is 0.867. The highest BCUT2D eigenvalue weighted by Gasteiger charge is 2.38. The molecule has 1 unspecified atom stereocenters. The molecule has 1 aromatic carbocycles. The molecule has 0 amide bonds. The van der Waals surface area contributed by atoms with Crippen LogP contribution in [0.4, 0.5) is 0 Å². The third kappa shape index (κ3) is 2.78. The first-order valence-corrected chi connectivity index (χ1v) is 6.96. The number of nitrogens with zero attached hydrogens (tertiary/aromatic N) is 2. The number of benzene rings is 1. The number of nitriles is 1. The highest BCUT2D eigenvalue weighted by atomic mass is 79.9. The van der Waals surface area contributed by atoms with E-state index in [1.807, 2.05) is 42.5 Å². The maximum absolute atomic E-state index is 12.1. The van der Waals surface area contributed by atoms with E-state index in [2.05, 4.69) is 27.0 Å². The van der Waals surface area contributed by atoms with E-state index in [4.69, 9.17) is 0 Å². The summed E-state index contributed by atoms with van der Waals surface area (Å²) in [6, 6.07) is 15.0. The first-order valence-electron chi connectivity index (χ1n) is 6.17. The molecule has 4 heteroatoms. The molecule has 0 aliphatic carbocycles. The first-order chi connectivity index (χ1) is 9.58. The van der Waals surface area contributed by atoms with E-state index in [1.165, 1.54) is 6.92 Å². The van der Waals surface area contributed by atoms with Gasteiger partial charge >= 0.3 is 0 Å². The van der Waals surface area contributed by atoms with Crippen molar-refractivity contribution in [3.8, 4) is 6.07 Å². The van der Waals surface area contributed by atoms with Gasteiger partial charge in [0.2, 0.25) is 0 Å². The minimum Gasteiger partial charge on any atom is -0.298 e. The topological polar surface area (TPSA) is 53.8 Å². The van der Waals surface area contributed by atoms with Crippen molar-refractivity contribution in [2.75, 3.05) is 0 Å². The van der Waals surface area contributed by atoms with Crippen molar-refractivity contribution in [1.82, 2.24) is 4.98 Å². The Morgan fingerprint density at radius 2 is 2.00 bits per heavy atom. The van der Waals surface area contributed by atoms with Gasteiger partial charge in [0.05, 0.1) is 6.07 Å². The molecule has 0 aliphatic heterocycles. The lowest BCUT2D eigenvalue weighted by atomic mass is 9.75. The van der Waals surface area contributed by atoms with Crippen LogP contribution in [0.3, 0.4) is 0 Å². The van der Waals surface area contributed by atoms with Crippen molar-refractivity contribution in [2.45, 2.75) is 18.8 Å². The molecule has 0 spiro atoms. The van der Waals surface area contributed by atoms with Gasteiger partial charge in [-0.15, -0.1) is 0 Å². The fraction of sp³-hybridized carbons (Fsp3) is 0.188. The van der Waals surface area contributed by atoms with Gasteiger partial charge in [0, 0.05) is 22.8 Å². The number of rotatable bonds is 4. The zero-order valence-electron chi connectivity index (χ0n) is 11.0. The van der Waals surface area contributed by atoms with Crippen molar-refractivity contribution in [3.63, 3.8) is 0 Å². The van der Waals surface area contributed by atoms with Crippen LogP contribution in [0.1, 0.15) is 18.2 Å². The standard InChI is InChI=1S/C16H13BrN2O/c1-12(20)16(11-18,13-5-3-2-4-6-13)9-15-8-7-14(17)10-19-15/h2-8,10H,9H2,1H3. The van der Waals surface area contributed by atoms with Crippen LogP contribution in [0, 0.1) is 11.3 Å². The summed E-state index contributed by atoms with van der Waals surface area (Å²) in [7, 11) is 0. The fourth-order valence-electron chi connectivity index (χ4n) is 2.12. The Morgan fingerprint density at radius 3 is 2.50 bits per heavy atom. The van der Waals surface area contributed by atoms with E-state index in [1.54, 1.807) is 6.20 Å². The van der Waals surface area contributed by atoms with Crippen LogP contribution < -0.4 is 0 Å². The number of carbonyl (C=O) groups excluding carboxylic acids is 1. The Labute approximate surface area is 126 Å². The lowest BCUT2D eigenvalue weighted by molar-refractivity contribution is -0.120. The second kappa shape index (κ2) is 5.98. The van der Waals surface area contributed by atoms with Gasteiger partial charge in [0.25, 0.3) is 0 Å². The Kier molecular flexibility index (Phi) is 4.31. The Bertz CT molecular complexity index is 646. The molecule has 2 rings (SSSR count). The molecule has 0 saturated carbocycles. The summed E-state index contributed by atoms with van der Waals surface area (Å²) in [6.07, 6.45) is 1.94. The molecule has 20 heavy (non-hydrogen) atoms. The smallest absolute Gasteiger partial charge is 0.154 e. The quantitative estimate of drug-likeness (QED) is 0.863. The number of carbonyl (C=O) groups is 1. The van der Waals surface area contributed by atoms with Crippen molar-refractivity contribution in [3.05, 3.63) is 64.4 Å². The van der Waals surface area contributed by atoms with Crippen LogP contribution in [-0.4, -0.2) is 10.8 Å². The largest absolute Gasteiger partial charge is 0.298 e. The van der Waals surface area contributed by atoms with Crippen LogP contribution >= 0.6 is 15.9 Å². The summed E-state index contributed by atoms with van der Waals surface area (Å²) in [5, 5.41) is 9.61. The monoisotopic (exact) mass is 328 g/mol. The zero-order chi connectivity index (χ0) is 14.6. The number of halogens is 1. The molecule has 1 atom stereocenters. The van der Waals surface area contributed by atoms with Crippen LogP contribution in [-0.2, 0) is 16.6 Å². The molecule has 0 N–H and O–H groups in total. The Balaban J connectivity index is 2.46. The maximum atomic E-state index is 12.1. The van der Waals surface area contributed by atoms with Gasteiger partial charge in [0.1, 0.15) is 5.41 Å². The minimum atomic E-state index is -1.18. The zero-order valence-corrected chi connectivity index (χ0v) is 12.6. The molecular weight excluding hydrogens is 316 g/mol. The van der Waals surface area contributed by atoms with E-state index < -0.39 is 5.41 Å². The van der Waals surface area contributed by atoms with E-state index in [0.717, 1.165) is 4.47 Å². The Morgan fingerprint density at radius 1 is 1.30 bits per heavy atom. The van der Waals surface area contributed by atoms with Gasteiger partial charge in [-0.1, -0.05) is 30.3 Å². The lowest BCUT2D eigenvalue weighted by Gasteiger charge is -2.23. The van der Waals surface area contributed by atoms with Gasteiger partial charge in [-0.05, 0) is 40.5 Å². The summed E-state index contributed by atoms with van der Waals surface area (Å²) in [4.78, 5) is 16.4. The van der Waals surface area contributed by atoms with Gasteiger partial charge in [-0.25, -0.2) is 0 Å². The molecule has 0 aliphatic rings. The summed E-state index contributed by atoms with van der Waals surface area (Å²) in [5.41, 5.74) is 0.246. The highest BCUT2D eigenvalue weighted by Crippen LogP contribution is 2.29. The summed E-state index contributed by atoms with van der Waals surface area (Å²) >= 11 is 3.32. The number of hydrogen-bond acceptors (Lipinski definition) is 3. The molecule has 0 saturated heterocycles. The van der Waals surface area contributed by atoms with E-state index >= 15 is 0 Å². The molecule has 0 bridgehead atoms. The second-order valence-electron chi connectivity index (χ2n) is 4.58. The van der Waals surface area contributed by atoms with Crippen LogP contribution in [0.2, 0.25) is 0 Å². The van der Waals surface area contributed by atoms with Gasteiger partial charge in [-0.3, -0.25) is 9.78 Å². The van der Waals surface area contributed by atoms with Crippen molar-refractivity contribution < 1.29 is 4.79 Å². The van der Waals surface area contributed by atoms with Crippen molar-refractivity contribution in [1.29, 1.82) is 5.26 Å². The van der Waals surface area contributed by atoms with Crippen molar-refractivity contribution in [2.24, 2.45) is 0 Å². The molecular formula is C16H13BrN2O. The molecule has 3 nitrogen and oxygen atoms in total. The van der Waals surface area contributed by atoms with E-state index in [-0.39, 0.29) is 12.2 Å². The van der Waals surface area contributed by atoms with Gasteiger partial charge in [-0.2, -0.15) is 5.26 Å². The predicted molar refractivity (Wildman–Crippen MR) is 80.1 cm³/mol. The number of hydrogen-bond donors (Lipinski definition) is 0. The number of aromatic nitrogens is 1. The SMILES string of the molecule is CC(=O)C(C#N)(Cc1ccc(Br)cn1)c1ccccc1. The Hall–Kier alpha value is -1.99. The molecule has 1 aromatic heterocycles.